The topological polar surface area (TPSA) is 12.0 Å². The van der Waals surface area contributed by atoms with Crippen LogP contribution in [0.3, 0.4) is 0 Å². The van der Waals surface area contributed by atoms with Gasteiger partial charge in [-0.3, -0.25) is 0 Å². The van der Waals surface area contributed by atoms with Crippen molar-refractivity contribution in [3.05, 3.63) is 70.8 Å². The maximum atomic E-state index is 13.1. The molecule has 24 heavy (non-hydrogen) atoms. The molecule has 3 rings (SSSR count). The van der Waals surface area contributed by atoms with Gasteiger partial charge in [-0.2, -0.15) is 13.2 Å². The summed E-state index contributed by atoms with van der Waals surface area (Å²) in [5.41, 5.74) is 2.32. The molecule has 0 aliphatic carbocycles. The van der Waals surface area contributed by atoms with E-state index in [1.54, 1.807) is 0 Å². The quantitative estimate of drug-likeness (QED) is 0.741. The Morgan fingerprint density at radius 1 is 0.958 bits per heavy atom. The molecule has 2 aromatic rings. The summed E-state index contributed by atoms with van der Waals surface area (Å²) >= 11 is 0. The van der Waals surface area contributed by atoms with Crippen LogP contribution in [0.2, 0.25) is 0 Å². The highest BCUT2D eigenvalue weighted by molar-refractivity contribution is 5.43. The highest BCUT2D eigenvalue weighted by atomic mass is 19.4. The fourth-order valence-electron chi connectivity index (χ4n) is 3.60. The second-order valence-corrected chi connectivity index (χ2v) is 7.52. The van der Waals surface area contributed by atoms with E-state index < -0.39 is 11.7 Å². The second kappa shape index (κ2) is 5.92. The van der Waals surface area contributed by atoms with E-state index in [1.165, 1.54) is 12.1 Å². The van der Waals surface area contributed by atoms with Gasteiger partial charge < -0.3 is 5.32 Å². The monoisotopic (exact) mass is 333 g/mol. The maximum Gasteiger partial charge on any atom is 0.416 e. The summed E-state index contributed by atoms with van der Waals surface area (Å²) in [6.45, 7) is 7.12. The molecule has 0 saturated carbocycles. The fourth-order valence-corrected chi connectivity index (χ4v) is 3.60. The summed E-state index contributed by atoms with van der Waals surface area (Å²) in [4.78, 5) is 0. The van der Waals surface area contributed by atoms with Crippen molar-refractivity contribution >= 4 is 0 Å². The molecular weight excluding hydrogens is 311 g/mol. The van der Waals surface area contributed by atoms with Gasteiger partial charge in [0.15, 0.2) is 0 Å². The first kappa shape index (κ1) is 17.0. The smallest absolute Gasteiger partial charge is 0.308 e. The first-order valence-electron chi connectivity index (χ1n) is 8.16. The normalized spacial score (nSPS) is 21.4. The van der Waals surface area contributed by atoms with Crippen LogP contribution in [0.25, 0.3) is 0 Å². The van der Waals surface area contributed by atoms with Crippen molar-refractivity contribution in [3.63, 3.8) is 0 Å². The molecule has 0 spiro atoms. The van der Waals surface area contributed by atoms with Crippen LogP contribution in [-0.4, -0.2) is 6.04 Å². The molecule has 0 aromatic heterocycles. The lowest BCUT2D eigenvalue weighted by atomic mass is 9.70. The van der Waals surface area contributed by atoms with Gasteiger partial charge in [0.05, 0.1) is 5.56 Å². The molecule has 0 fully saturated rings. The molecule has 1 nitrogen and oxygen atoms in total. The molecule has 0 radical (unpaired) electrons. The first-order valence-corrected chi connectivity index (χ1v) is 8.16. The van der Waals surface area contributed by atoms with Crippen LogP contribution >= 0.6 is 0 Å². The van der Waals surface area contributed by atoms with Crippen molar-refractivity contribution < 1.29 is 13.2 Å². The van der Waals surface area contributed by atoms with E-state index >= 15 is 0 Å². The van der Waals surface area contributed by atoms with Crippen LogP contribution < -0.4 is 5.32 Å². The van der Waals surface area contributed by atoms with Crippen LogP contribution in [0.15, 0.2) is 48.5 Å². The number of hydrogen-bond acceptors (Lipinski definition) is 1. The van der Waals surface area contributed by atoms with Gasteiger partial charge in [-0.15, -0.1) is 0 Å². The van der Waals surface area contributed by atoms with Gasteiger partial charge in [0, 0.05) is 18.5 Å². The number of nitrogens with one attached hydrogen (secondary N) is 1. The molecule has 0 bridgehead atoms. The molecule has 1 aliphatic rings. The molecule has 128 valence electrons. The number of fused-ring (bicyclic) bond motifs is 1. The van der Waals surface area contributed by atoms with Crippen molar-refractivity contribution in [3.8, 4) is 0 Å². The van der Waals surface area contributed by atoms with Gasteiger partial charge in [-0.25, -0.2) is 0 Å². The molecule has 1 N–H and O–H groups in total. The SMILES string of the molecule is CC(C)(C)C1NCc2ccccc2C1c1cccc(C(F)(F)F)c1. The third kappa shape index (κ3) is 3.20. The molecule has 2 aromatic carbocycles. The molecule has 1 heterocycles. The minimum atomic E-state index is -4.32. The lowest BCUT2D eigenvalue weighted by Crippen LogP contribution is -2.48. The second-order valence-electron chi connectivity index (χ2n) is 7.52. The number of alkyl halides is 3. The zero-order valence-electron chi connectivity index (χ0n) is 14.1. The Morgan fingerprint density at radius 2 is 1.67 bits per heavy atom. The van der Waals surface area contributed by atoms with Gasteiger partial charge in [0.25, 0.3) is 0 Å². The largest absolute Gasteiger partial charge is 0.416 e. The predicted molar refractivity (Wildman–Crippen MR) is 89.8 cm³/mol. The average molecular weight is 333 g/mol. The van der Waals surface area contributed by atoms with E-state index in [0.717, 1.165) is 23.7 Å². The van der Waals surface area contributed by atoms with Gasteiger partial charge >= 0.3 is 6.18 Å². The van der Waals surface area contributed by atoms with E-state index in [-0.39, 0.29) is 17.4 Å². The van der Waals surface area contributed by atoms with Crippen LogP contribution in [0, 0.1) is 5.41 Å². The molecule has 2 atom stereocenters. The van der Waals surface area contributed by atoms with Crippen molar-refractivity contribution in [1.29, 1.82) is 0 Å². The number of hydrogen-bond donors (Lipinski definition) is 1. The minimum Gasteiger partial charge on any atom is -0.308 e. The van der Waals surface area contributed by atoms with E-state index in [0.29, 0.717) is 5.56 Å². The molecule has 2 unspecified atom stereocenters. The first-order chi connectivity index (χ1) is 11.2. The summed E-state index contributed by atoms with van der Waals surface area (Å²) in [6.07, 6.45) is -4.32. The molecule has 1 aliphatic heterocycles. The van der Waals surface area contributed by atoms with Gasteiger partial charge in [-0.05, 0) is 28.2 Å². The summed E-state index contributed by atoms with van der Waals surface area (Å²) in [6, 6.07) is 13.8. The van der Waals surface area contributed by atoms with E-state index in [2.05, 4.69) is 26.1 Å². The van der Waals surface area contributed by atoms with Crippen molar-refractivity contribution in [2.24, 2.45) is 5.41 Å². The highest BCUT2D eigenvalue weighted by Crippen LogP contribution is 2.42. The summed E-state index contributed by atoms with van der Waals surface area (Å²) in [5, 5.41) is 3.54. The zero-order valence-corrected chi connectivity index (χ0v) is 14.1. The average Bonchev–Trinajstić information content (AvgIpc) is 2.52. The van der Waals surface area contributed by atoms with E-state index in [9.17, 15) is 13.2 Å². The van der Waals surface area contributed by atoms with Gasteiger partial charge in [0.1, 0.15) is 0 Å². The number of halogens is 3. The molecule has 0 saturated heterocycles. The standard InChI is InChI=1S/C20H22F3N/c1-19(2,3)18-17(16-10-5-4-7-14(16)12-24-18)13-8-6-9-15(11-13)20(21,22)23/h4-11,17-18,24H,12H2,1-3H3. The lowest BCUT2D eigenvalue weighted by Gasteiger charge is -2.42. The van der Waals surface area contributed by atoms with Gasteiger partial charge in [0.2, 0.25) is 0 Å². The van der Waals surface area contributed by atoms with Gasteiger partial charge in [-0.1, -0.05) is 63.2 Å². The van der Waals surface area contributed by atoms with Crippen LogP contribution in [-0.2, 0) is 12.7 Å². The summed E-state index contributed by atoms with van der Waals surface area (Å²) in [7, 11) is 0. The Balaban J connectivity index is 2.14. The van der Waals surface area contributed by atoms with Crippen molar-refractivity contribution in [2.45, 2.75) is 45.5 Å². The maximum absolute atomic E-state index is 13.1. The third-order valence-electron chi connectivity index (χ3n) is 4.74. The van der Waals surface area contributed by atoms with Crippen LogP contribution in [0.5, 0.6) is 0 Å². The van der Waals surface area contributed by atoms with Crippen LogP contribution in [0.4, 0.5) is 13.2 Å². The highest BCUT2D eigenvalue weighted by Gasteiger charge is 2.39. The summed E-state index contributed by atoms with van der Waals surface area (Å²) < 4.78 is 39.4. The summed E-state index contributed by atoms with van der Waals surface area (Å²) in [5.74, 6) is -0.0998. The Bertz CT molecular complexity index is 728. The van der Waals surface area contributed by atoms with E-state index in [1.807, 2.05) is 30.3 Å². The lowest BCUT2D eigenvalue weighted by molar-refractivity contribution is -0.137. The molecule has 4 heteroatoms. The van der Waals surface area contributed by atoms with Crippen LogP contribution in [0.1, 0.15) is 48.9 Å². The number of benzene rings is 2. The van der Waals surface area contributed by atoms with Crippen molar-refractivity contribution in [2.75, 3.05) is 0 Å². The van der Waals surface area contributed by atoms with Crippen molar-refractivity contribution in [1.82, 2.24) is 5.32 Å². The number of rotatable bonds is 1. The Hall–Kier alpha value is -1.81. The van der Waals surface area contributed by atoms with E-state index in [4.69, 9.17) is 0 Å². The third-order valence-corrected chi connectivity index (χ3v) is 4.74. The Morgan fingerprint density at radius 3 is 2.33 bits per heavy atom. The predicted octanol–water partition coefficient (Wildman–Crippen LogP) is 5.36. The Labute approximate surface area is 140 Å². The minimum absolute atomic E-state index is 0.0656. The molecule has 0 amide bonds. The molecular formula is C20H22F3N. The zero-order chi connectivity index (χ0) is 17.5. The Kier molecular flexibility index (Phi) is 4.20. The fraction of sp³-hybridized carbons (Fsp3) is 0.400.